The third-order valence-corrected chi connectivity index (χ3v) is 8.86. The molecule has 10 heteroatoms. The first kappa shape index (κ1) is 28.4. The third kappa shape index (κ3) is 6.12. The Morgan fingerprint density at radius 1 is 0.950 bits per heavy atom. The molecule has 1 spiro atoms. The van der Waals surface area contributed by atoms with Gasteiger partial charge < -0.3 is 10.2 Å². The van der Waals surface area contributed by atoms with Gasteiger partial charge in [-0.2, -0.15) is 26.3 Å². The average molecular weight is 579 g/mol. The molecule has 1 atom stereocenters. The van der Waals surface area contributed by atoms with Crippen LogP contribution in [0.3, 0.4) is 0 Å². The second kappa shape index (κ2) is 11.0. The Kier molecular flexibility index (Phi) is 7.85. The minimum absolute atomic E-state index is 0.0395. The van der Waals surface area contributed by atoms with Crippen molar-refractivity contribution in [3.63, 3.8) is 0 Å². The molecular formula is C30H28F6N2OS. The molecule has 1 N–H and O–H groups in total. The molecule has 0 unspecified atom stereocenters. The number of amides is 1. The van der Waals surface area contributed by atoms with Gasteiger partial charge in [0.2, 0.25) is 5.91 Å². The molecule has 212 valence electrons. The van der Waals surface area contributed by atoms with E-state index in [2.05, 4.69) is 40.6 Å². The first-order valence-corrected chi connectivity index (χ1v) is 13.9. The molecule has 2 aromatic carbocycles. The van der Waals surface area contributed by atoms with E-state index in [0.717, 1.165) is 30.8 Å². The summed E-state index contributed by atoms with van der Waals surface area (Å²) in [4.78, 5) is 16.3. The summed E-state index contributed by atoms with van der Waals surface area (Å²) >= 11 is 1.40. The molecule has 3 aromatic rings. The Hall–Kier alpha value is -3.11. The van der Waals surface area contributed by atoms with Crippen LogP contribution in [0.15, 0.2) is 66.1 Å². The number of hydrogen-bond acceptors (Lipinski definition) is 3. The Labute approximate surface area is 232 Å². The van der Waals surface area contributed by atoms with Gasteiger partial charge in [-0.3, -0.25) is 4.79 Å². The van der Waals surface area contributed by atoms with Crippen molar-refractivity contribution in [2.24, 2.45) is 0 Å². The fraction of sp³-hybridized carbons (Fsp3) is 0.367. The van der Waals surface area contributed by atoms with Crippen molar-refractivity contribution < 1.29 is 31.1 Å². The van der Waals surface area contributed by atoms with Gasteiger partial charge in [-0.1, -0.05) is 42.5 Å². The summed E-state index contributed by atoms with van der Waals surface area (Å²) in [5.41, 5.74) is -0.403. The van der Waals surface area contributed by atoms with Gasteiger partial charge in [-0.05, 0) is 85.2 Å². The molecule has 1 aliphatic heterocycles. The van der Waals surface area contributed by atoms with Gasteiger partial charge in [0.1, 0.15) is 0 Å². The molecule has 1 saturated heterocycles. The number of fused-ring (bicyclic) bond motifs is 2. The van der Waals surface area contributed by atoms with Crippen LogP contribution in [0.1, 0.15) is 57.9 Å². The molecule has 1 aromatic heterocycles. The average Bonchev–Trinajstić information content (AvgIpc) is 3.57. The quantitative estimate of drug-likeness (QED) is 0.293. The molecule has 5 rings (SSSR count). The van der Waals surface area contributed by atoms with Crippen molar-refractivity contribution in [3.05, 3.63) is 98.7 Å². The van der Waals surface area contributed by atoms with Gasteiger partial charge in [-0.15, -0.1) is 11.3 Å². The maximum Gasteiger partial charge on any atom is 0.416 e. The molecule has 2 heterocycles. The van der Waals surface area contributed by atoms with Crippen molar-refractivity contribution in [2.75, 3.05) is 19.6 Å². The predicted molar refractivity (Wildman–Crippen MR) is 143 cm³/mol. The number of likely N-dealkylation sites (tertiary alicyclic amines) is 1. The maximum atomic E-state index is 13.2. The number of carbonyl (C=O) groups is 1. The van der Waals surface area contributed by atoms with Crippen LogP contribution < -0.4 is 5.32 Å². The SMILES string of the molecule is O=C(NCc1cc(C(F)(F)F)cc(C(F)(F)F)c1)[C@@H](CCN1CCC2(C=Cc3ccccc32)CC1)c1cccs1. The van der Waals surface area contributed by atoms with Gasteiger partial charge in [0.05, 0.1) is 17.0 Å². The number of nitrogens with zero attached hydrogens (tertiary/aromatic N) is 1. The highest BCUT2D eigenvalue weighted by molar-refractivity contribution is 7.10. The topological polar surface area (TPSA) is 32.3 Å². The van der Waals surface area contributed by atoms with Gasteiger partial charge in [0.15, 0.2) is 0 Å². The van der Waals surface area contributed by atoms with Crippen molar-refractivity contribution >= 4 is 23.3 Å². The Bertz CT molecular complexity index is 1340. The van der Waals surface area contributed by atoms with E-state index in [1.807, 2.05) is 23.6 Å². The normalized spacial score (nSPS) is 17.6. The van der Waals surface area contributed by atoms with Crippen molar-refractivity contribution in [1.29, 1.82) is 0 Å². The van der Waals surface area contributed by atoms with Crippen LogP contribution in [-0.4, -0.2) is 30.4 Å². The van der Waals surface area contributed by atoms with Crippen LogP contribution in [0.5, 0.6) is 0 Å². The van der Waals surface area contributed by atoms with Crippen molar-refractivity contribution in [3.8, 4) is 0 Å². The molecule has 3 nitrogen and oxygen atoms in total. The third-order valence-electron chi connectivity index (χ3n) is 7.88. The minimum Gasteiger partial charge on any atom is -0.351 e. The van der Waals surface area contributed by atoms with Crippen LogP contribution in [-0.2, 0) is 29.1 Å². The fourth-order valence-electron chi connectivity index (χ4n) is 5.68. The lowest BCUT2D eigenvalue weighted by molar-refractivity contribution is -0.143. The van der Waals surface area contributed by atoms with Gasteiger partial charge in [0, 0.05) is 16.8 Å². The summed E-state index contributed by atoms with van der Waals surface area (Å²) in [5.74, 6) is -0.981. The monoisotopic (exact) mass is 578 g/mol. The number of piperidine rings is 1. The lowest BCUT2D eigenvalue weighted by Crippen LogP contribution is -2.42. The zero-order valence-electron chi connectivity index (χ0n) is 21.5. The highest BCUT2D eigenvalue weighted by Gasteiger charge is 2.39. The molecule has 1 aliphatic carbocycles. The summed E-state index contributed by atoms with van der Waals surface area (Å²) in [6, 6.07) is 13.4. The van der Waals surface area contributed by atoms with E-state index in [4.69, 9.17) is 0 Å². The number of nitrogens with one attached hydrogen (secondary N) is 1. The van der Waals surface area contributed by atoms with E-state index in [9.17, 15) is 31.1 Å². The first-order chi connectivity index (χ1) is 18.9. The lowest BCUT2D eigenvalue weighted by Gasteiger charge is -2.39. The largest absolute Gasteiger partial charge is 0.416 e. The molecule has 1 fully saturated rings. The second-order valence-corrected chi connectivity index (χ2v) is 11.4. The Balaban J connectivity index is 1.23. The van der Waals surface area contributed by atoms with Crippen LogP contribution in [0.25, 0.3) is 6.08 Å². The summed E-state index contributed by atoms with van der Waals surface area (Å²) in [7, 11) is 0. The van der Waals surface area contributed by atoms with Crippen LogP contribution in [0.2, 0.25) is 0 Å². The van der Waals surface area contributed by atoms with E-state index in [0.29, 0.717) is 25.1 Å². The van der Waals surface area contributed by atoms with E-state index < -0.39 is 41.8 Å². The number of allylic oxidation sites excluding steroid dienone is 1. The molecule has 0 bridgehead atoms. The summed E-state index contributed by atoms with van der Waals surface area (Å²) < 4.78 is 79.4. The fourth-order valence-corrected chi connectivity index (χ4v) is 6.54. The highest BCUT2D eigenvalue weighted by atomic mass is 32.1. The molecular weight excluding hydrogens is 550 g/mol. The van der Waals surface area contributed by atoms with Crippen LogP contribution in [0, 0.1) is 0 Å². The minimum atomic E-state index is -4.94. The number of thiophene rings is 1. The van der Waals surface area contributed by atoms with Gasteiger partial charge in [-0.25, -0.2) is 0 Å². The lowest BCUT2D eigenvalue weighted by atomic mass is 9.74. The number of halogens is 6. The van der Waals surface area contributed by atoms with Gasteiger partial charge in [0.25, 0.3) is 0 Å². The molecule has 1 amide bonds. The van der Waals surface area contributed by atoms with E-state index in [1.54, 1.807) is 0 Å². The smallest absolute Gasteiger partial charge is 0.351 e. The molecule has 2 aliphatic rings. The zero-order valence-corrected chi connectivity index (χ0v) is 22.3. The predicted octanol–water partition coefficient (Wildman–Crippen LogP) is 7.64. The van der Waals surface area contributed by atoms with E-state index >= 15 is 0 Å². The molecule has 0 radical (unpaired) electrons. The second-order valence-electron chi connectivity index (χ2n) is 10.4. The highest BCUT2D eigenvalue weighted by Crippen LogP contribution is 2.44. The van der Waals surface area contributed by atoms with Gasteiger partial charge >= 0.3 is 12.4 Å². The van der Waals surface area contributed by atoms with E-state index in [1.165, 1.54) is 22.5 Å². The van der Waals surface area contributed by atoms with Crippen molar-refractivity contribution in [1.82, 2.24) is 10.2 Å². The number of benzene rings is 2. The molecule has 40 heavy (non-hydrogen) atoms. The number of alkyl halides is 6. The zero-order chi connectivity index (χ0) is 28.5. The number of carbonyl (C=O) groups excluding carboxylic acids is 1. The summed E-state index contributed by atoms with van der Waals surface area (Å²) in [6.45, 7) is 1.94. The number of hydrogen-bond donors (Lipinski definition) is 1. The van der Waals surface area contributed by atoms with E-state index in [-0.39, 0.29) is 17.0 Å². The summed E-state index contributed by atoms with van der Waals surface area (Å²) in [5, 5.41) is 4.43. The standard InChI is InChI=1S/C30H28F6N2OS/c31-29(32,33)22-16-20(17-23(18-22)30(34,35)36)19-37-27(39)24(26-6-3-15-40-26)8-12-38-13-10-28(11-14-38)9-7-21-4-1-2-5-25(21)28/h1-7,9,15-18,24H,8,10-14,19H2,(H,37,39)/t24-/m0/s1. The number of rotatable bonds is 7. The van der Waals surface area contributed by atoms with Crippen molar-refractivity contribution in [2.45, 2.75) is 49.5 Å². The summed E-state index contributed by atoms with van der Waals surface area (Å²) in [6.07, 6.45) is -2.98. The Morgan fingerprint density at radius 3 is 2.25 bits per heavy atom. The Morgan fingerprint density at radius 2 is 1.62 bits per heavy atom. The molecule has 0 saturated carbocycles. The van der Waals surface area contributed by atoms with Crippen LogP contribution in [0.4, 0.5) is 26.3 Å². The maximum absolute atomic E-state index is 13.2. The van der Waals surface area contributed by atoms with Crippen LogP contribution >= 0.6 is 11.3 Å². The first-order valence-electron chi connectivity index (χ1n) is 13.1.